The maximum atomic E-state index is 9.23. The second kappa shape index (κ2) is 9.36. The van der Waals surface area contributed by atoms with Gasteiger partial charge in [0.05, 0.1) is 27.4 Å². The maximum Gasteiger partial charge on any atom is 0.135 e. The van der Waals surface area contributed by atoms with Crippen LogP contribution in [0, 0.1) is 0 Å². The topological polar surface area (TPSA) is 77.6 Å². The number of aliphatic hydroxyl groups is 1. The number of aromatic nitrogens is 4. The van der Waals surface area contributed by atoms with E-state index in [4.69, 9.17) is 11.6 Å². The lowest BCUT2D eigenvalue weighted by Crippen LogP contribution is -1.92. The summed E-state index contributed by atoms with van der Waals surface area (Å²) in [7, 11) is 0. The maximum absolute atomic E-state index is 9.23. The van der Waals surface area contributed by atoms with Crippen LogP contribution in [0.5, 0.6) is 0 Å². The lowest BCUT2D eigenvalue weighted by atomic mass is 10.3. The van der Waals surface area contributed by atoms with Crippen LogP contribution in [0.3, 0.4) is 0 Å². The van der Waals surface area contributed by atoms with Crippen LogP contribution in [0.2, 0.25) is 0 Å². The van der Waals surface area contributed by atoms with E-state index >= 15 is 0 Å². The van der Waals surface area contributed by atoms with Gasteiger partial charge in [0.15, 0.2) is 0 Å². The summed E-state index contributed by atoms with van der Waals surface area (Å²) in [5.41, 5.74) is 3.88. The molecule has 0 radical (unpaired) electrons. The van der Waals surface area contributed by atoms with Crippen LogP contribution >= 0.6 is 11.6 Å². The number of fused-ring (bicyclic) bond motifs is 2. The molecule has 2 aromatic carbocycles. The third-order valence-corrected chi connectivity index (χ3v) is 3.79. The molecular formula is C20H27ClN4O. The van der Waals surface area contributed by atoms with Crippen molar-refractivity contribution in [3.63, 3.8) is 0 Å². The van der Waals surface area contributed by atoms with Crippen molar-refractivity contribution in [1.82, 2.24) is 19.9 Å². The van der Waals surface area contributed by atoms with Gasteiger partial charge in [0.2, 0.25) is 0 Å². The normalized spacial score (nSPS) is 12.5. The molecule has 0 aliphatic carbocycles. The fourth-order valence-corrected chi connectivity index (χ4v) is 2.43. The summed E-state index contributed by atoms with van der Waals surface area (Å²) in [4.78, 5) is 14.7. The zero-order valence-electron chi connectivity index (χ0n) is 13.5. The Hall–Kier alpha value is -2.37. The Balaban J connectivity index is 0.000000241. The minimum absolute atomic E-state index is 0. The molecule has 2 heterocycles. The summed E-state index contributed by atoms with van der Waals surface area (Å²) in [5, 5.41) is 9.17. The number of nitrogens with one attached hydrogen (secondary N) is 2. The van der Waals surface area contributed by atoms with Crippen LogP contribution in [0.1, 0.15) is 51.8 Å². The lowest BCUT2D eigenvalue weighted by molar-refractivity contribution is 0.190. The van der Waals surface area contributed by atoms with E-state index in [1.807, 2.05) is 55.5 Å². The highest BCUT2D eigenvalue weighted by Crippen LogP contribution is 2.19. The van der Waals surface area contributed by atoms with E-state index < -0.39 is 6.10 Å². The number of aromatic amines is 2. The number of alkyl halides is 1. The summed E-state index contributed by atoms with van der Waals surface area (Å²) in [6, 6.07) is 15.6. The van der Waals surface area contributed by atoms with Gasteiger partial charge in [-0.1, -0.05) is 39.1 Å². The van der Waals surface area contributed by atoms with Gasteiger partial charge in [0, 0.05) is 0 Å². The molecule has 0 aliphatic rings. The van der Waals surface area contributed by atoms with E-state index in [0.29, 0.717) is 5.82 Å². The Kier molecular flexibility index (Phi) is 7.80. The van der Waals surface area contributed by atoms with Crippen LogP contribution in [-0.2, 0) is 0 Å². The molecule has 2 aromatic heterocycles. The number of benzene rings is 2. The zero-order chi connectivity index (χ0) is 17.1. The first-order chi connectivity index (χ1) is 11.5. The monoisotopic (exact) mass is 374 g/mol. The molecule has 26 heavy (non-hydrogen) atoms. The molecule has 0 spiro atoms. The van der Waals surface area contributed by atoms with Gasteiger partial charge in [-0.25, -0.2) is 9.97 Å². The number of hydrogen-bond donors (Lipinski definition) is 3. The Labute approximate surface area is 159 Å². The van der Waals surface area contributed by atoms with Crippen LogP contribution in [0.25, 0.3) is 22.1 Å². The first-order valence-electron chi connectivity index (χ1n) is 7.76. The molecule has 5 nitrogen and oxygen atoms in total. The SMILES string of the molecule is C.C.CC(Cl)c1nc2ccccc2[nH]1.CC(O)c1nc2ccccc2[nH]1. The number of H-pyrrole nitrogens is 2. The Morgan fingerprint density at radius 2 is 1.23 bits per heavy atom. The van der Waals surface area contributed by atoms with Gasteiger partial charge in [-0.05, 0) is 38.1 Å². The Morgan fingerprint density at radius 3 is 1.65 bits per heavy atom. The van der Waals surface area contributed by atoms with Gasteiger partial charge in [-0.2, -0.15) is 0 Å². The highest BCUT2D eigenvalue weighted by Gasteiger charge is 2.06. The second-order valence-corrected chi connectivity index (χ2v) is 6.23. The molecule has 4 aromatic rings. The van der Waals surface area contributed by atoms with E-state index in [1.165, 1.54) is 0 Å². The van der Waals surface area contributed by atoms with Crippen molar-refractivity contribution in [3.8, 4) is 0 Å². The molecule has 3 N–H and O–H groups in total. The van der Waals surface area contributed by atoms with Crippen molar-refractivity contribution in [2.45, 2.75) is 40.2 Å². The molecule has 140 valence electrons. The van der Waals surface area contributed by atoms with Crippen LogP contribution in [-0.4, -0.2) is 25.0 Å². The van der Waals surface area contributed by atoms with Crippen molar-refractivity contribution < 1.29 is 5.11 Å². The highest BCUT2D eigenvalue weighted by atomic mass is 35.5. The number of nitrogens with zero attached hydrogens (tertiary/aromatic N) is 2. The minimum Gasteiger partial charge on any atom is -0.385 e. The predicted molar refractivity (Wildman–Crippen MR) is 111 cm³/mol. The molecule has 6 heteroatoms. The second-order valence-electron chi connectivity index (χ2n) is 5.57. The van der Waals surface area contributed by atoms with Gasteiger partial charge < -0.3 is 15.1 Å². The average Bonchev–Trinajstić information content (AvgIpc) is 3.19. The quantitative estimate of drug-likeness (QED) is 0.391. The van der Waals surface area contributed by atoms with Gasteiger partial charge in [0.25, 0.3) is 0 Å². The first kappa shape index (κ1) is 21.7. The number of imidazole rings is 2. The van der Waals surface area contributed by atoms with E-state index in [0.717, 1.165) is 27.9 Å². The number of halogens is 1. The molecule has 2 atom stereocenters. The van der Waals surface area contributed by atoms with E-state index in [-0.39, 0.29) is 20.2 Å². The van der Waals surface area contributed by atoms with Crippen molar-refractivity contribution in [1.29, 1.82) is 0 Å². The fraction of sp³-hybridized carbons (Fsp3) is 0.300. The molecule has 4 rings (SSSR count). The summed E-state index contributed by atoms with van der Waals surface area (Å²) < 4.78 is 0. The summed E-state index contributed by atoms with van der Waals surface area (Å²) in [5.74, 6) is 1.45. The summed E-state index contributed by atoms with van der Waals surface area (Å²) >= 11 is 5.88. The van der Waals surface area contributed by atoms with Crippen LogP contribution in [0.4, 0.5) is 0 Å². The lowest BCUT2D eigenvalue weighted by Gasteiger charge is -1.95. The molecule has 0 amide bonds. The van der Waals surface area contributed by atoms with Crippen molar-refractivity contribution in [2.75, 3.05) is 0 Å². The Morgan fingerprint density at radius 1 is 0.808 bits per heavy atom. The summed E-state index contributed by atoms with van der Waals surface area (Å²) in [6.07, 6.45) is -0.530. The molecule has 0 saturated heterocycles. The zero-order valence-corrected chi connectivity index (χ0v) is 14.2. The van der Waals surface area contributed by atoms with E-state index in [9.17, 15) is 5.11 Å². The number of para-hydroxylation sites is 4. The predicted octanol–water partition coefficient (Wildman–Crippen LogP) is 5.75. The Bertz CT molecular complexity index is 799. The van der Waals surface area contributed by atoms with Crippen molar-refractivity contribution in [2.24, 2.45) is 0 Å². The van der Waals surface area contributed by atoms with Crippen LogP contribution < -0.4 is 0 Å². The third kappa shape index (κ3) is 4.84. The number of rotatable bonds is 2. The average molecular weight is 375 g/mol. The summed E-state index contributed by atoms with van der Waals surface area (Å²) in [6.45, 7) is 3.59. The van der Waals surface area contributed by atoms with Gasteiger partial charge >= 0.3 is 0 Å². The van der Waals surface area contributed by atoms with Gasteiger partial charge in [0.1, 0.15) is 17.8 Å². The molecule has 0 aliphatic heterocycles. The van der Waals surface area contributed by atoms with Gasteiger partial charge in [-0.3, -0.25) is 0 Å². The highest BCUT2D eigenvalue weighted by molar-refractivity contribution is 6.20. The number of hydrogen-bond acceptors (Lipinski definition) is 3. The molecule has 2 unspecified atom stereocenters. The fourth-order valence-electron chi connectivity index (χ4n) is 2.33. The third-order valence-electron chi connectivity index (χ3n) is 3.59. The molecule has 0 saturated carbocycles. The number of aliphatic hydroxyl groups excluding tert-OH is 1. The molecule has 0 fully saturated rings. The van der Waals surface area contributed by atoms with E-state index in [2.05, 4.69) is 19.9 Å². The standard InChI is InChI=1S/C9H9ClN2.C9H10N2O.2CH4/c1-6(10)9-11-7-4-2-3-5-8(7)12-9;1-6(12)9-10-7-4-2-3-5-8(7)11-9;;/h2-6H,1H3,(H,11,12);2-6,12H,1H3,(H,10,11);2*1H4. The molecule has 0 bridgehead atoms. The van der Waals surface area contributed by atoms with Crippen molar-refractivity contribution >= 4 is 33.7 Å². The largest absolute Gasteiger partial charge is 0.385 e. The van der Waals surface area contributed by atoms with Gasteiger partial charge in [-0.15, -0.1) is 11.6 Å². The molecular weight excluding hydrogens is 348 g/mol. The smallest absolute Gasteiger partial charge is 0.135 e. The minimum atomic E-state index is -0.530. The van der Waals surface area contributed by atoms with E-state index in [1.54, 1.807) is 6.92 Å². The van der Waals surface area contributed by atoms with Crippen LogP contribution in [0.15, 0.2) is 48.5 Å². The van der Waals surface area contributed by atoms with Crippen molar-refractivity contribution in [3.05, 3.63) is 60.2 Å². The first-order valence-corrected chi connectivity index (χ1v) is 8.19.